The van der Waals surface area contributed by atoms with E-state index in [1.54, 1.807) is 0 Å². The van der Waals surface area contributed by atoms with Gasteiger partial charge in [-0.2, -0.15) is 11.8 Å². The zero-order chi connectivity index (χ0) is 14.2. The van der Waals surface area contributed by atoms with Crippen LogP contribution in [0.25, 0.3) is 0 Å². The highest BCUT2D eigenvalue weighted by Crippen LogP contribution is 2.42. The van der Waals surface area contributed by atoms with Gasteiger partial charge < -0.3 is 5.73 Å². The Morgan fingerprint density at radius 2 is 2.05 bits per heavy atom. The van der Waals surface area contributed by atoms with E-state index < -0.39 is 0 Å². The molecule has 20 heavy (non-hydrogen) atoms. The molecule has 2 aliphatic carbocycles. The van der Waals surface area contributed by atoms with Gasteiger partial charge in [0.05, 0.1) is 5.69 Å². The van der Waals surface area contributed by atoms with Gasteiger partial charge in [0.25, 0.3) is 0 Å². The number of aromatic nitrogens is 1. The Hall–Kier alpha value is -0.0600. The zero-order valence-electron chi connectivity index (χ0n) is 12.7. The highest BCUT2D eigenvalue weighted by molar-refractivity contribution is 7.99. The highest BCUT2D eigenvalue weighted by atomic mass is 32.2. The molecule has 0 saturated heterocycles. The number of thioether (sulfide) groups is 1. The van der Waals surface area contributed by atoms with Crippen LogP contribution in [0.15, 0.2) is 0 Å². The first-order chi connectivity index (χ1) is 9.53. The molecule has 4 heteroatoms. The molecule has 0 aromatic carbocycles. The second-order valence-electron chi connectivity index (χ2n) is 7.14. The van der Waals surface area contributed by atoms with Crippen LogP contribution in [-0.4, -0.2) is 10.2 Å². The third-order valence-corrected chi connectivity index (χ3v) is 7.32. The van der Waals surface area contributed by atoms with Gasteiger partial charge in [-0.15, -0.1) is 11.3 Å². The maximum atomic E-state index is 6.34. The number of fused-ring (bicyclic) bond motifs is 1. The van der Waals surface area contributed by atoms with Crippen LogP contribution in [0.5, 0.6) is 0 Å². The maximum absolute atomic E-state index is 6.34. The second kappa shape index (κ2) is 5.98. The molecule has 0 radical (unpaired) electrons. The van der Waals surface area contributed by atoms with Crippen LogP contribution >= 0.6 is 23.1 Å². The summed E-state index contributed by atoms with van der Waals surface area (Å²) in [4.78, 5) is 6.26. The summed E-state index contributed by atoms with van der Waals surface area (Å²) < 4.78 is 0. The van der Waals surface area contributed by atoms with Gasteiger partial charge in [-0.05, 0) is 31.1 Å². The first-order valence-corrected chi connectivity index (χ1v) is 9.76. The fourth-order valence-electron chi connectivity index (χ4n) is 3.53. The average molecular weight is 311 g/mol. The van der Waals surface area contributed by atoms with Crippen LogP contribution in [0.1, 0.15) is 74.0 Å². The van der Waals surface area contributed by atoms with Crippen molar-refractivity contribution in [2.45, 2.75) is 75.8 Å². The van der Waals surface area contributed by atoms with Crippen molar-refractivity contribution >= 4 is 23.1 Å². The number of nitrogens with two attached hydrogens (primary N) is 1. The highest BCUT2D eigenvalue weighted by Gasteiger charge is 2.33. The molecule has 1 fully saturated rings. The predicted octanol–water partition coefficient (Wildman–Crippen LogP) is 4.68. The van der Waals surface area contributed by atoms with Crippen LogP contribution in [-0.2, 0) is 12.2 Å². The van der Waals surface area contributed by atoms with Gasteiger partial charge in [0.15, 0.2) is 0 Å². The summed E-state index contributed by atoms with van der Waals surface area (Å²) in [5.74, 6) is 1.09. The molecule has 2 N–H and O–H groups in total. The third-order valence-electron chi connectivity index (χ3n) is 4.52. The number of hydrogen-bond donors (Lipinski definition) is 1. The molecule has 1 heterocycles. The lowest BCUT2D eigenvalue weighted by Gasteiger charge is -2.32. The van der Waals surface area contributed by atoms with Gasteiger partial charge in [0.2, 0.25) is 0 Å². The number of rotatable bonds is 3. The molecule has 0 aliphatic heterocycles. The molecule has 0 bridgehead atoms. The van der Waals surface area contributed by atoms with Crippen LogP contribution in [0.3, 0.4) is 0 Å². The Morgan fingerprint density at radius 3 is 2.80 bits per heavy atom. The Kier molecular flexibility index (Phi) is 4.44. The topological polar surface area (TPSA) is 38.9 Å². The number of hydrogen-bond acceptors (Lipinski definition) is 4. The molecule has 1 unspecified atom stereocenters. The van der Waals surface area contributed by atoms with E-state index in [4.69, 9.17) is 10.7 Å². The summed E-state index contributed by atoms with van der Waals surface area (Å²) in [5.41, 5.74) is 7.94. The Balaban J connectivity index is 1.64. The Labute approximate surface area is 130 Å². The summed E-state index contributed by atoms with van der Waals surface area (Å²) in [5, 5.41) is 2.17. The molecular formula is C16H26N2S2. The first kappa shape index (κ1) is 14.9. The monoisotopic (exact) mass is 310 g/mol. The smallest absolute Gasteiger partial charge is 0.103 e. The lowest BCUT2D eigenvalue weighted by molar-refractivity contribution is 0.282. The fraction of sp³-hybridized carbons (Fsp3) is 0.812. The van der Waals surface area contributed by atoms with E-state index in [-0.39, 0.29) is 6.04 Å². The van der Waals surface area contributed by atoms with Crippen LogP contribution in [0, 0.1) is 5.41 Å². The molecule has 1 atom stereocenters. The van der Waals surface area contributed by atoms with Crippen molar-refractivity contribution in [1.82, 2.24) is 4.98 Å². The van der Waals surface area contributed by atoms with Gasteiger partial charge in [-0.25, -0.2) is 4.98 Å². The Morgan fingerprint density at radius 1 is 1.30 bits per heavy atom. The second-order valence-corrected chi connectivity index (χ2v) is 9.55. The summed E-state index contributed by atoms with van der Waals surface area (Å²) in [6, 6.07) is 0.208. The maximum Gasteiger partial charge on any atom is 0.103 e. The normalized spacial score (nSPS) is 26.4. The average Bonchev–Trinajstić information content (AvgIpc) is 2.79. The lowest BCUT2D eigenvalue weighted by Crippen LogP contribution is -2.28. The standard InChI is InChI=1S/C16H26N2S2/c1-16(2)8-12(17)15-13(9-16)18-14(20-15)10-19-11-6-4-3-5-7-11/h11-12H,3-10,17H2,1-2H3. The van der Waals surface area contributed by atoms with Crippen LogP contribution < -0.4 is 5.73 Å². The Bertz CT molecular complexity index is 461. The number of thiazole rings is 1. The van der Waals surface area contributed by atoms with Crippen molar-refractivity contribution in [3.05, 3.63) is 15.6 Å². The first-order valence-electron chi connectivity index (χ1n) is 7.89. The number of nitrogens with zero attached hydrogens (tertiary/aromatic N) is 1. The summed E-state index contributed by atoms with van der Waals surface area (Å²) in [7, 11) is 0. The summed E-state index contributed by atoms with van der Waals surface area (Å²) in [6.07, 6.45) is 9.28. The molecular weight excluding hydrogens is 284 g/mol. The van der Waals surface area contributed by atoms with Crippen molar-refractivity contribution in [1.29, 1.82) is 0 Å². The fourth-order valence-corrected chi connectivity index (χ4v) is 5.96. The van der Waals surface area contributed by atoms with Gasteiger partial charge >= 0.3 is 0 Å². The zero-order valence-corrected chi connectivity index (χ0v) is 14.3. The largest absolute Gasteiger partial charge is 0.323 e. The summed E-state index contributed by atoms with van der Waals surface area (Å²) >= 11 is 4.00. The van der Waals surface area contributed by atoms with E-state index in [0.29, 0.717) is 5.41 Å². The minimum Gasteiger partial charge on any atom is -0.323 e. The van der Waals surface area contributed by atoms with E-state index in [1.807, 2.05) is 11.3 Å². The third kappa shape index (κ3) is 3.40. The van der Waals surface area contributed by atoms with E-state index in [9.17, 15) is 0 Å². The molecule has 1 saturated carbocycles. The van der Waals surface area contributed by atoms with Gasteiger partial charge in [0.1, 0.15) is 5.01 Å². The molecule has 0 spiro atoms. The quantitative estimate of drug-likeness (QED) is 0.881. The van der Waals surface area contributed by atoms with E-state index in [2.05, 4.69) is 25.6 Å². The van der Waals surface area contributed by atoms with Gasteiger partial charge in [-0.1, -0.05) is 33.1 Å². The minimum atomic E-state index is 0.208. The van der Waals surface area contributed by atoms with Gasteiger partial charge in [0, 0.05) is 21.9 Å². The van der Waals surface area contributed by atoms with Crippen LogP contribution in [0.4, 0.5) is 0 Å². The molecule has 0 amide bonds. The molecule has 2 aliphatic rings. The predicted molar refractivity (Wildman–Crippen MR) is 89.3 cm³/mol. The molecule has 1 aromatic heterocycles. The molecule has 1 aromatic rings. The van der Waals surface area contributed by atoms with E-state index in [1.165, 1.54) is 47.7 Å². The van der Waals surface area contributed by atoms with Gasteiger partial charge in [-0.3, -0.25) is 0 Å². The minimum absolute atomic E-state index is 0.208. The lowest BCUT2D eigenvalue weighted by atomic mass is 9.77. The van der Waals surface area contributed by atoms with Crippen molar-refractivity contribution in [2.24, 2.45) is 11.1 Å². The van der Waals surface area contributed by atoms with E-state index >= 15 is 0 Å². The molecule has 2 nitrogen and oxygen atoms in total. The molecule has 3 rings (SSSR count). The summed E-state index contributed by atoms with van der Waals surface area (Å²) in [6.45, 7) is 4.62. The van der Waals surface area contributed by atoms with Crippen molar-refractivity contribution in [3.8, 4) is 0 Å². The van der Waals surface area contributed by atoms with Crippen LogP contribution in [0.2, 0.25) is 0 Å². The SMILES string of the molecule is CC1(C)Cc2nc(CSC3CCCCC3)sc2C(N)C1. The molecule has 112 valence electrons. The van der Waals surface area contributed by atoms with Crippen molar-refractivity contribution in [3.63, 3.8) is 0 Å². The van der Waals surface area contributed by atoms with Crippen molar-refractivity contribution in [2.75, 3.05) is 0 Å². The van der Waals surface area contributed by atoms with Crippen molar-refractivity contribution < 1.29 is 0 Å². The van der Waals surface area contributed by atoms with E-state index in [0.717, 1.165) is 23.8 Å².